The summed E-state index contributed by atoms with van der Waals surface area (Å²) in [5.41, 5.74) is 0.539. The molecule has 24 heavy (non-hydrogen) atoms. The molecule has 0 aromatic rings. The summed E-state index contributed by atoms with van der Waals surface area (Å²) in [6.07, 6.45) is 5.65. The van der Waals surface area contributed by atoms with E-state index in [0.29, 0.717) is 12.8 Å². The maximum absolute atomic E-state index is 10.6. The molecule has 0 aromatic carbocycles. The first-order chi connectivity index (χ1) is 11.1. The normalized spacial score (nSPS) is 50.5. The monoisotopic (exact) mass is 336 g/mol. The van der Waals surface area contributed by atoms with Crippen LogP contribution >= 0.6 is 0 Å². The number of hydrogen-bond acceptors (Lipinski definition) is 4. The van der Waals surface area contributed by atoms with Gasteiger partial charge in [0.1, 0.15) is 6.10 Å². The largest absolute Gasteiger partial charge is 0.390 e. The van der Waals surface area contributed by atoms with Gasteiger partial charge in [-0.3, -0.25) is 5.26 Å². The Bertz CT molecular complexity index is 554. The van der Waals surface area contributed by atoms with E-state index < -0.39 is 17.6 Å². The Morgan fingerprint density at radius 2 is 1.92 bits per heavy atom. The van der Waals surface area contributed by atoms with E-state index in [2.05, 4.69) is 26.5 Å². The van der Waals surface area contributed by atoms with Crippen LogP contribution in [0.15, 0.2) is 24.3 Å². The first-order valence-electron chi connectivity index (χ1n) is 9.11. The summed E-state index contributed by atoms with van der Waals surface area (Å²) < 4.78 is 0. The van der Waals surface area contributed by atoms with Crippen LogP contribution in [0.4, 0.5) is 0 Å². The lowest BCUT2D eigenvalue weighted by Crippen LogP contribution is -2.62. The van der Waals surface area contributed by atoms with Crippen LogP contribution in [0.3, 0.4) is 0 Å². The predicted octanol–water partition coefficient (Wildman–Crippen LogP) is 3.55. The van der Waals surface area contributed by atoms with Gasteiger partial charge >= 0.3 is 0 Å². The summed E-state index contributed by atoms with van der Waals surface area (Å²) in [4.78, 5) is 4.90. The second kappa shape index (κ2) is 5.66. The molecule has 0 bridgehead atoms. The van der Waals surface area contributed by atoms with E-state index in [1.807, 2.05) is 19.9 Å². The number of rotatable bonds is 2. The van der Waals surface area contributed by atoms with E-state index in [-0.39, 0.29) is 28.8 Å². The van der Waals surface area contributed by atoms with E-state index in [9.17, 15) is 15.5 Å². The molecule has 2 fully saturated rings. The van der Waals surface area contributed by atoms with Crippen LogP contribution in [0, 0.1) is 28.1 Å². The molecule has 136 valence electrons. The van der Waals surface area contributed by atoms with Crippen molar-refractivity contribution in [3.05, 3.63) is 24.3 Å². The number of allylic oxidation sites excluding steroid dienone is 2. The Hall–Kier alpha value is -0.680. The van der Waals surface area contributed by atoms with Crippen molar-refractivity contribution in [3.63, 3.8) is 0 Å². The van der Waals surface area contributed by atoms with Crippen LogP contribution in [0.2, 0.25) is 0 Å². The zero-order valence-electron chi connectivity index (χ0n) is 15.3. The van der Waals surface area contributed by atoms with Gasteiger partial charge in [0.05, 0.1) is 12.2 Å². The van der Waals surface area contributed by atoms with Crippen LogP contribution in [0.5, 0.6) is 0 Å². The SMILES string of the molecule is C=C[C@]1(C)C=C2[C@H](OO)C[C@H]3C(C)(C)[C@@H](O)[C@H](O)C[C@]3(C)[C@H]2CC1. The number of fused-ring (bicyclic) bond motifs is 3. The van der Waals surface area contributed by atoms with Gasteiger partial charge < -0.3 is 10.2 Å². The molecule has 4 heteroatoms. The summed E-state index contributed by atoms with van der Waals surface area (Å²) in [7, 11) is 0. The van der Waals surface area contributed by atoms with Crippen LogP contribution in [-0.2, 0) is 4.89 Å². The van der Waals surface area contributed by atoms with Crippen molar-refractivity contribution < 1.29 is 20.4 Å². The Kier molecular flexibility index (Phi) is 4.28. The third-order valence-corrected chi connectivity index (χ3v) is 7.55. The highest BCUT2D eigenvalue weighted by atomic mass is 17.1. The molecule has 0 aliphatic heterocycles. The molecule has 0 amide bonds. The topological polar surface area (TPSA) is 69.9 Å². The Labute approximate surface area is 145 Å². The molecule has 0 unspecified atom stereocenters. The van der Waals surface area contributed by atoms with Gasteiger partial charge in [0.2, 0.25) is 0 Å². The zero-order valence-corrected chi connectivity index (χ0v) is 15.3. The highest BCUT2D eigenvalue weighted by Gasteiger charge is 2.61. The maximum atomic E-state index is 10.6. The average molecular weight is 336 g/mol. The third-order valence-electron chi connectivity index (χ3n) is 7.55. The van der Waals surface area contributed by atoms with Crippen LogP contribution < -0.4 is 0 Å². The summed E-state index contributed by atoms with van der Waals surface area (Å²) in [5, 5.41) is 30.6. The Morgan fingerprint density at radius 1 is 1.25 bits per heavy atom. The quantitative estimate of drug-likeness (QED) is 0.410. The van der Waals surface area contributed by atoms with Crippen LogP contribution in [0.1, 0.15) is 53.4 Å². The van der Waals surface area contributed by atoms with E-state index in [1.54, 1.807) is 0 Å². The molecule has 4 nitrogen and oxygen atoms in total. The second-order valence-corrected chi connectivity index (χ2v) is 9.37. The minimum Gasteiger partial charge on any atom is -0.390 e. The molecule has 0 spiro atoms. The minimum absolute atomic E-state index is 0.0753. The van der Waals surface area contributed by atoms with Gasteiger partial charge in [-0.25, -0.2) is 4.89 Å². The fourth-order valence-electron chi connectivity index (χ4n) is 6.03. The Morgan fingerprint density at radius 3 is 2.50 bits per heavy atom. The molecular formula is C20H32O4. The molecule has 3 rings (SSSR count). The summed E-state index contributed by atoms with van der Waals surface area (Å²) in [6, 6.07) is 0. The van der Waals surface area contributed by atoms with Crippen molar-refractivity contribution in [1.82, 2.24) is 0 Å². The van der Waals surface area contributed by atoms with Crippen molar-refractivity contribution in [1.29, 1.82) is 0 Å². The molecule has 0 radical (unpaired) electrons. The molecular weight excluding hydrogens is 304 g/mol. The molecule has 2 saturated carbocycles. The van der Waals surface area contributed by atoms with E-state index in [1.165, 1.54) is 0 Å². The van der Waals surface area contributed by atoms with Crippen LogP contribution in [0.25, 0.3) is 0 Å². The van der Waals surface area contributed by atoms with E-state index in [4.69, 9.17) is 4.89 Å². The van der Waals surface area contributed by atoms with Crippen molar-refractivity contribution >= 4 is 0 Å². The highest BCUT2D eigenvalue weighted by Crippen LogP contribution is 2.64. The van der Waals surface area contributed by atoms with Gasteiger partial charge in [-0.05, 0) is 53.9 Å². The molecule has 3 N–H and O–H groups in total. The number of aliphatic hydroxyl groups is 2. The summed E-state index contributed by atoms with van der Waals surface area (Å²) >= 11 is 0. The van der Waals surface area contributed by atoms with E-state index in [0.717, 1.165) is 18.4 Å². The molecule has 7 atom stereocenters. The lowest BCUT2D eigenvalue weighted by Gasteiger charge is -2.62. The van der Waals surface area contributed by atoms with Gasteiger partial charge in [0.25, 0.3) is 0 Å². The highest BCUT2D eigenvalue weighted by molar-refractivity contribution is 5.30. The predicted molar refractivity (Wildman–Crippen MR) is 93.2 cm³/mol. The molecule has 3 aliphatic rings. The molecule has 3 aliphatic carbocycles. The minimum atomic E-state index is -0.748. The summed E-state index contributed by atoms with van der Waals surface area (Å²) in [5.74, 6) is 0.429. The summed E-state index contributed by atoms with van der Waals surface area (Å²) in [6.45, 7) is 12.4. The average Bonchev–Trinajstić information content (AvgIpc) is 2.52. The Balaban J connectivity index is 2.08. The standard InChI is InChI=1S/C20H32O4/c1-6-19(4)8-7-13-12(10-19)15(24-23)9-16-18(2,3)17(22)14(21)11-20(13,16)5/h6,10,13-17,21-23H,1,7-9,11H2,2-5H3/t13-,14+,15+,16-,17-,19-,20+/m0/s1. The van der Waals surface area contributed by atoms with Gasteiger partial charge in [-0.1, -0.05) is 39.8 Å². The zero-order chi connectivity index (χ0) is 17.9. The lowest BCUT2D eigenvalue weighted by atomic mass is 9.44. The van der Waals surface area contributed by atoms with E-state index >= 15 is 0 Å². The first kappa shape index (κ1) is 18.1. The molecule has 0 aromatic heterocycles. The lowest BCUT2D eigenvalue weighted by molar-refractivity contribution is -0.293. The molecule has 0 heterocycles. The van der Waals surface area contributed by atoms with Crippen molar-refractivity contribution in [2.75, 3.05) is 0 Å². The fourth-order valence-corrected chi connectivity index (χ4v) is 6.03. The van der Waals surface area contributed by atoms with Crippen LogP contribution in [-0.4, -0.2) is 33.8 Å². The van der Waals surface area contributed by atoms with Crippen molar-refractivity contribution in [2.45, 2.75) is 71.7 Å². The molecule has 0 saturated heterocycles. The van der Waals surface area contributed by atoms with Gasteiger partial charge in [-0.2, -0.15) is 0 Å². The van der Waals surface area contributed by atoms with Gasteiger partial charge in [0.15, 0.2) is 0 Å². The smallest absolute Gasteiger partial charge is 0.114 e. The fraction of sp³-hybridized carbons (Fsp3) is 0.800. The second-order valence-electron chi connectivity index (χ2n) is 9.37. The van der Waals surface area contributed by atoms with Gasteiger partial charge in [0, 0.05) is 5.41 Å². The first-order valence-corrected chi connectivity index (χ1v) is 9.11. The van der Waals surface area contributed by atoms with Gasteiger partial charge in [-0.15, -0.1) is 6.58 Å². The number of hydrogen-bond donors (Lipinski definition) is 3. The number of aliphatic hydroxyl groups excluding tert-OH is 2. The van der Waals surface area contributed by atoms with Crippen molar-refractivity contribution in [3.8, 4) is 0 Å². The maximum Gasteiger partial charge on any atom is 0.114 e. The van der Waals surface area contributed by atoms with Crippen molar-refractivity contribution in [2.24, 2.45) is 28.1 Å². The third kappa shape index (κ3) is 2.42.